The zero-order valence-corrected chi connectivity index (χ0v) is 11.3. The van der Waals surface area contributed by atoms with E-state index >= 15 is 0 Å². The molecule has 0 aromatic heterocycles. The molecule has 0 saturated carbocycles. The molecule has 0 aliphatic carbocycles. The van der Waals surface area contributed by atoms with Crippen molar-refractivity contribution in [3.63, 3.8) is 0 Å². The molecule has 1 aromatic rings. The van der Waals surface area contributed by atoms with Crippen LogP contribution in [0.1, 0.15) is 5.56 Å². The molecule has 0 aliphatic heterocycles. The van der Waals surface area contributed by atoms with Crippen LogP contribution in [0.15, 0.2) is 18.2 Å². The molecule has 0 fully saturated rings. The van der Waals surface area contributed by atoms with Crippen LogP contribution in [0.4, 0.5) is 11.4 Å². The first-order valence-electron chi connectivity index (χ1n) is 5.72. The maximum absolute atomic E-state index is 11.5. The van der Waals surface area contributed by atoms with E-state index in [1.165, 1.54) is 11.0 Å². The number of hydrogen-bond donors (Lipinski definition) is 1. The highest BCUT2D eigenvalue weighted by Gasteiger charge is 2.13. The standard InChI is InChI=1S/C12H18N4O3/c1-14(2)12(17)8-15(3)7-9-4-5-11(16(18)19)10(13)6-9/h4-6H,7-8,13H2,1-3H3. The Hall–Kier alpha value is -2.15. The molecule has 104 valence electrons. The van der Waals surface area contributed by atoms with E-state index < -0.39 is 4.92 Å². The van der Waals surface area contributed by atoms with E-state index in [-0.39, 0.29) is 23.8 Å². The molecule has 1 rings (SSSR count). The largest absolute Gasteiger partial charge is 0.393 e. The number of carbonyl (C=O) groups is 1. The second kappa shape index (κ2) is 6.14. The number of likely N-dealkylation sites (N-methyl/N-ethyl adjacent to an activating group) is 2. The fourth-order valence-corrected chi connectivity index (χ4v) is 1.61. The monoisotopic (exact) mass is 266 g/mol. The van der Waals surface area contributed by atoms with Gasteiger partial charge in [0.2, 0.25) is 5.91 Å². The predicted octanol–water partition coefficient (Wildman–Crippen LogP) is 0.697. The zero-order chi connectivity index (χ0) is 14.6. The number of anilines is 1. The minimum Gasteiger partial charge on any atom is -0.393 e. The van der Waals surface area contributed by atoms with E-state index in [1.807, 2.05) is 4.90 Å². The van der Waals surface area contributed by atoms with Crippen molar-refractivity contribution in [3.05, 3.63) is 33.9 Å². The van der Waals surface area contributed by atoms with Gasteiger partial charge in [0, 0.05) is 26.7 Å². The first-order valence-corrected chi connectivity index (χ1v) is 5.72. The molecule has 0 spiro atoms. The molecular weight excluding hydrogens is 248 g/mol. The van der Waals surface area contributed by atoms with E-state index in [0.29, 0.717) is 6.54 Å². The highest BCUT2D eigenvalue weighted by Crippen LogP contribution is 2.22. The van der Waals surface area contributed by atoms with Crippen LogP contribution in [0.3, 0.4) is 0 Å². The molecule has 1 amide bonds. The second-order valence-corrected chi connectivity index (χ2v) is 4.61. The number of nitro groups is 1. The average molecular weight is 266 g/mol. The average Bonchev–Trinajstić information content (AvgIpc) is 2.27. The van der Waals surface area contributed by atoms with Gasteiger partial charge < -0.3 is 10.6 Å². The molecule has 7 heteroatoms. The van der Waals surface area contributed by atoms with Crippen molar-refractivity contribution in [2.45, 2.75) is 6.54 Å². The summed E-state index contributed by atoms with van der Waals surface area (Å²) >= 11 is 0. The van der Waals surface area contributed by atoms with Crippen LogP contribution >= 0.6 is 0 Å². The van der Waals surface area contributed by atoms with Gasteiger partial charge in [-0.1, -0.05) is 6.07 Å². The second-order valence-electron chi connectivity index (χ2n) is 4.61. The maximum atomic E-state index is 11.5. The van der Waals surface area contributed by atoms with Gasteiger partial charge in [0.1, 0.15) is 5.69 Å². The SMILES string of the molecule is CN(CC(=O)N(C)C)Cc1ccc([N+](=O)[O-])c(N)c1. The molecule has 0 bridgehead atoms. The van der Waals surface area contributed by atoms with Crippen molar-refractivity contribution in [2.75, 3.05) is 33.4 Å². The minimum absolute atomic E-state index is 0.00242. The number of nitrogen functional groups attached to an aromatic ring is 1. The Kier molecular flexibility index (Phi) is 4.82. The summed E-state index contributed by atoms with van der Waals surface area (Å²) in [6, 6.07) is 4.59. The van der Waals surface area contributed by atoms with Gasteiger partial charge in [-0.15, -0.1) is 0 Å². The van der Waals surface area contributed by atoms with Crippen molar-refractivity contribution >= 4 is 17.3 Å². The molecule has 1 aromatic carbocycles. The lowest BCUT2D eigenvalue weighted by Gasteiger charge is -2.19. The Morgan fingerprint density at radius 2 is 2.00 bits per heavy atom. The van der Waals surface area contributed by atoms with Gasteiger partial charge in [0.05, 0.1) is 11.5 Å². The Labute approximate surface area is 111 Å². The van der Waals surface area contributed by atoms with E-state index in [4.69, 9.17) is 5.73 Å². The lowest BCUT2D eigenvalue weighted by Crippen LogP contribution is -2.34. The number of benzene rings is 1. The van der Waals surface area contributed by atoms with Crippen LogP contribution in [0.25, 0.3) is 0 Å². The Morgan fingerprint density at radius 1 is 1.37 bits per heavy atom. The number of rotatable bonds is 5. The maximum Gasteiger partial charge on any atom is 0.292 e. The quantitative estimate of drug-likeness (QED) is 0.481. The number of carbonyl (C=O) groups excluding carboxylic acids is 1. The third kappa shape index (κ3) is 4.22. The summed E-state index contributed by atoms with van der Waals surface area (Å²) in [5.41, 5.74) is 6.48. The Bertz CT molecular complexity index is 488. The first-order chi connectivity index (χ1) is 8.81. The number of hydrogen-bond acceptors (Lipinski definition) is 5. The first kappa shape index (κ1) is 14.9. The van der Waals surface area contributed by atoms with Crippen LogP contribution in [0.2, 0.25) is 0 Å². The molecule has 19 heavy (non-hydrogen) atoms. The topological polar surface area (TPSA) is 92.7 Å². The molecule has 0 radical (unpaired) electrons. The lowest BCUT2D eigenvalue weighted by molar-refractivity contribution is -0.383. The minimum atomic E-state index is -0.515. The van der Waals surface area contributed by atoms with Gasteiger partial charge >= 0.3 is 0 Å². The fraction of sp³-hybridized carbons (Fsp3) is 0.417. The fourth-order valence-electron chi connectivity index (χ4n) is 1.61. The van der Waals surface area contributed by atoms with E-state index in [2.05, 4.69) is 0 Å². The third-order valence-electron chi connectivity index (χ3n) is 2.65. The number of nitrogens with zero attached hydrogens (tertiary/aromatic N) is 3. The Morgan fingerprint density at radius 3 is 2.47 bits per heavy atom. The van der Waals surface area contributed by atoms with Gasteiger partial charge in [-0.25, -0.2) is 0 Å². The van der Waals surface area contributed by atoms with Gasteiger partial charge in [-0.05, 0) is 18.7 Å². The summed E-state index contributed by atoms with van der Waals surface area (Å²) in [6.45, 7) is 0.783. The number of nitro benzene ring substituents is 1. The van der Waals surface area contributed by atoms with Crippen LogP contribution in [-0.2, 0) is 11.3 Å². The summed E-state index contributed by atoms with van der Waals surface area (Å²) in [5, 5.41) is 10.6. The van der Waals surface area contributed by atoms with Crippen LogP contribution < -0.4 is 5.73 Å². The molecule has 7 nitrogen and oxygen atoms in total. The summed E-state index contributed by atoms with van der Waals surface area (Å²) < 4.78 is 0. The van der Waals surface area contributed by atoms with Crippen molar-refractivity contribution in [1.82, 2.24) is 9.80 Å². The van der Waals surface area contributed by atoms with Crippen LogP contribution in [0, 0.1) is 10.1 Å². The van der Waals surface area contributed by atoms with Crippen molar-refractivity contribution < 1.29 is 9.72 Å². The number of amides is 1. The summed E-state index contributed by atoms with van der Waals surface area (Å²) in [6.07, 6.45) is 0. The Balaban J connectivity index is 2.70. The van der Waals surface area contributed by atoms with Gasteiger partial charge in [0.15, 0.2) is 0 Å². The molecule has 0 aliphatic rings. The molecular formula is C12H18N4O3. The third-order valence-corrected chi connectivity index (χ3v) is 2.65. The predicted molar refractivity (Wildman–Crippen MR) is 72.5 cm³/mol. The summed E-state index contributed by atoms with van der Waals surface area (Å²) in [4.78, 5) is 25.0. The van der Waals surface area contributed by atoms with Gasteiger partial charge in [-0.2, -0.15) is 0 Å². The zero-order valence-electron chi connectivity index (χ0n) is 11.3. The smallest absolute Gasteiger partial charge is 0.292 e. The van der Waals surface area contributed by atoms with Gasteiger partial charge in [-0.3, -0.25) is 19.8 Å². The van der Waals surface area contributed by atoms with Crippen molar-refractivity contribution in [1.29, 1.82) is 0 Å². The molecule has 0 heterocycles. The summed E-state index contributed by atoms with van der Waals surface area (Å²) in [5.74, 6) is -0.00242. The van der Waals surface area contributed by atoms with E-state index in [1.54, 1.807) is 33.3 Å². The summed E-state index contributed by atoms with van der Waals surface area (Å²) in [7, 11) is 5.19. The van der Waals surface area contributed by atoms with Crippen molar-refractivity contribution in [2.24, 2.45) is 0 Å². The highest BCUT2D eigenvalue weighted by atomic mass is 16.6. The molecule has 0 saturated heterocycles. The molecule has 2 N–H and O–H groups in total. The molecule has 0 unspecified atom stereocenters. The van der Waals surface area contributed by atoms with Gasteiger partial charge in [0.25, 0.3) is 5.69 Å². The van der Waals surface area contributed by atoms with Crippen molar-refractivity contribution in [3.8, 4) is 0 Å². The van der Waals surface area contributed by atoms with Crippen LogP contribution in [-0.4, -0.2) is 48.3 Å². The lowest BCUT2D eigenvalue weighted by atomic mass is 10.1. The molecule has 0 atom stereocenters. The highest BCUT2D eigenvalue weighted by molar-refractivity contribution is 5.77. The number of nitrogens with two attached hydrogens (primary N) is 1. The normalized spacial score (nSPS) is 10.5. The van der Waals surface area contributed by atoms with E-state index in [9.17, 15) is 14.9 Å². The van der Waals surface area contributed by atoms with Crippen LogP contribution in [0.5, 0.6) is 0 Å². The van der Waals surface area contributed by atoms with E-state index in [0.717, 1.165) is 5.56 Å².